The quantitative estimate of drug-likeness (QED) is 0.624. The molecule has 3 aromatic rings. The number of anilines is 3. The number of carbonyl (C=O) groups excluding carboxylic acids is 4. The molecule has 3 aromatic carbocycles. The van der Waals surface area contributed by atoms with Crippen molar-refractivity contribution in [3.63, 3.8) is 0 Å². The fourth-order valence-electron chi connectivity index (χ4n) is 4.39. The number of rotatable bonds is 3. The van der Waals surface area contributed by atoms with E-state index in [2.05, 4.69) is 5.32 Å². The third-order valence-corrected chi connectivity index (χ3v) is 6.02. The lowest BCUT2D eigenvalue weighted by Gasteiger charge is -2.29. The van der Waals surface area contributed by atoms with Crippen LogP contribution in [0.4, 0.5) is 17.1 Å². The van der Waals surface area contributed by atoms with Crippen molar-refractivity contribution < 1.29 is 19.2 Å². The molecule has 2 heterocycles. The molecule has 0 saturated carbocycles. The third-order valence-electron chi connectivity index (χ3n) is 6.02. The molecule has 7 nitrogen and oxygen atoms in total. The van der Waals surface area contributed by atoms with Crippen LogP contribution in [0.2, 0.25) is 0 Å². The summed E-state index contributed by atoms with van der Waals surface area (Å²) in [7, 11) is 0. The second-order valence-electron chi connectivity index (χ2n) is 8.11. The topological polar surface area (TPSA) is 86.8 Å². The normalized spacial score (nSPS) is 14.7. The van der Waals surface area contributed by atoms with Gasteiger partial charge in [0.2, 0.25) is 5.91 Å². The van der Waals surface area contributed by atoms with Crippen molar-refractivity contribution in [1.29, 1.82) is 0 Å². The number of nitrogens with one attached hydrogen (secondary N) is 1. The molecule has 0 unspecified atom stereocenters. The monoisotopic (exact) mass is 439 g/mol. The minimum absolute atomic E-state index is 0.00545. The van der Waals surface area contributed by atoms with Gasteiger partial charge >= 0.3 is 0 Å². The Kier molecular flexibility index (Phi) is 5.01. The lowest BCUT2D eigenvalue weighted by Crippen LogP contribution is -2.33. The van der Waals surface area contributed by atoms with E-state index in [1.807, 2.05) is 12.1 Å². The van der Waals surface area contributed by atoms with E-state index in [1.165, 1.54) is 0 Å². The maximum atomic E-state index is 12.8. The molecule has 33 heavy (non-hydrogen) atoms. The van der Waals surface area contributed by atoms with Gasteiger partial charge in [0.05, 0.1) is 16.8 Å². The van der Waals surface area contributed by atoms with Gasteiger partial charge in [-0.3, -0.25) is 19.2 Å². The minimum Gasteiger partial charge on any atom is -0.322 e. The lowest BCUT2D eigenvalue weighted by atomic mass is 10.0. The Hall–Kier alpha value is -4.26. The first-order chi connectivity index (χ1) is 15.9. The Morgan fingerprint density at radius 1 is 0.879 bits per heavy atom. The fourth-order valence-corrected chi connectivity index (χ4v) is 4.39. The number of carbonyl (C=O) groups is 4. The van der Waals surface area contributed by atoms with Gasteiger partial charge in [-0.05, 0) is 73.0 Å². The van der Waals surface area contributed by atoms with Crippen molar-refractivity contribution in [3.05, 3.63) is 89.0 Å². The van der Waals surface area contributed by atoms with Crippen LogP contribution in [0, 0.1) is 0 Å². The molecule has 0 saturated heterocycles. The molecular weight excluding hydrogens is 418 g/mol. The first kappa shape index (κ1) is 20.6. The van der Waals surface area contributed by atoms with Crippen molar-refractivity contribution in [2.45, 2.75) is 19.8 Å². The Morgan fingerprint density at radius 2 is 1.55 bits per heavy atom. The molecule has 0 atom stereocenters. The highest BCUT2D eigenvalue weighted by atomic mass is 16.2. The maximum Gasteiger partial charge on any atom is 0.266 e. The van der Waals surface area contributed by atoms with Crippen LogP contribution in [-0.2, 0) is 11.2 Å². The average Bonchev–Trinajstić information content (AvgIpc) is 3.08. The number of nitrogens with zero attached hydrogens (tertiary/aromatic N) is 2. The molecule has 7 heteroatoms. The number of hydrogen-bond acceptors (Lipinski definition) is 4. The van der Waals surface area contributed by atoms with E-state index >= 15 is 0 Å². The number of imide groups is 1. The van der Waals surface area contributed by atoms with Gasteiger partial charge in [0.25, 0.3) is 17.7 Å². The Balaban J connectivity index is 1.33. The van der Waals surface area contributed by atoms with Gasteiger partial charge in [-0.15, -0.1) is 0 Å². The van der Waals surface area contributed by atoms with Crippen molar-refractivity contribution in [2.24, 2.45) is 0 Å². The zero-order valence-corrected chi connectivity index (χ0v) is 18.0. The number of benzene rings is 3. The molecule has 0 radical (unpaired) electrons. The molecule has 2 aliphatic heterocycles. The SMILES string of the molecule is CC(=O)N1CCCc2cc(NC(=O)c3ccc(N4C(=O)c5ccccc5C4=O)cc3)ccc21. The predicted molar refractivity (Wildman–Crippen MR) is 125 cm³/mol. The Labute approximate surface area is 190 Å². The van der Waals surface area contributed by atoms with Crippen molar-refractivity contribution in [3.8, 4) is 0 Å². The summed E-state index contributed by atoms with van der Waals surface area (Å²) in [6, 6.07) is 18.6. The van der Waals surface area contributed by atoms with Gasteiger partial charge in [0, 0.05) is 30.4 Å². The third kappa shape index (κ3) is 3.57. The van der Waals surface area contributed by atoms with Gasteiger partial charge < -0.3 is 10.2 Å². The number of fused-ring (bicyclic) bond motifs is 2. The van der Waals surface area contributed by atoms with Gasteiger partial charge in [-0.25, -0.2) is 4.90 Å². The summed E-state index contributed by atoms with van der Waals surface area (Å²) in [5.74, 6) is -1.04. The van der Waals surface area contributed by atoms with Crippen LogP contribution < -0.4 is 15.1 Å². The predicted octanol–water partition coefficient (Wildman–Crippen LogP) is 4.04. The summed E-state index contributed by atoms with van der Waals surface area (Å²) in [5, 5.41) is 2.88. The average molecular weight is 439 g/mol. The summed E-state index contributed by atoms with van der Waals surface area (Å²) in [6.07, 6.45) is 1.72. The summed E-state index contributed by atoms with van der Waals surface area (Å²) in [5.41, 5.74) is 4.12. The van der Waals surface area contributed by atoms with Crippen LogP contribution in [0.3, 0.4) is 0 Å². The first-order valence-corrected chi connectivity index (χ1v) is 10.7. The van der Waals surface area contributed by atoms with Crippen molar-refractivity contribution >= 4 is 40.7 Å². The van der Waals surface area contributed by atoms with Gasteiger partial charge in [-0.1, -0.05) is 12.1 Å². The lowest BCUT2D eigenvalue weighted by molar-refractivity contribution is -0.116. The van der Waals surface area contributed by atoms with Crippen molar-refractivity contribution in [2.75, 3.05) is 21.7 Å². The number of amides is 4. The number of aryl methyl sites for hydroxylation is 1. The smallest absolute Gasteiger partial charge is 0.266 e. The highest BCUT2D eigenvalue weighted by molar-refractivity contribution is 6.34. The van der Waals surface area contributed by atoms with Crippen LogP contribution in [0.15, 0.2) is 66.7 Å². The summed E-state index contributed by atoms with van der Waals surface area (Å²) >= 11 is 0. The zero-order chi connectivity index (χ0) is 23.1. The van der Waals surface area contributed by atoms with Gasteiger partial charge in [0.15, 0.2) is 0 Å². The summed E-state index contributed by atoms with van der Waals surface area (Å²) < 4.78 is 0. The van der Waals surface area contributed by atoms with E-state index in [0.717, 1.165) is 29.0 Å². The van der Waals surface area contributed by atoms with E-state index in [-0.39, 0.29) is 23.6 Å². The summed E-state index contributed by atoms with van der Waals surface area (Å²) in [4.78, 5) is 52.8. The van der Waals surface area contributed by atoms with Crippen LogP contribution in [0.25, 0.3) is 0 Å². The first-order valence-electron chi connectivity index (χ1n) is 10.7. The van der Waals surface area contributed by atoms with Crippen LogP contribution in [0.1, 0.15) is 50.0 Å². The second-order valence-corrected chi connectivity index (χ2v) is 8.11. The molecular formula is C26H21N3O4. The van der Waals surface area contributed by atoms with Gasteiger partial charge in [0.1, 0.15) is 0 Å². The zero-order valence-electron chi connectivity index (χ0n) is 18.0. The van der Waals surface area contributed by atoms with E-state index in [1.54, 1.807) is 66.4 Å². The van der Waals surface area contributed by atoms with Crippen LogP contribution in [-0.4, -0.2) is 30.2 Å². The van der Waals surface area contributed by atoms with Crippen molar-refractivity contribution in [1.82, 2.24) is 0 Å². The number of hydrogen-bond donors (Lipinski definition) is 1. The molecule has 0 spiro atoms. The van der Waals surface area contributed by atoms with E-state index in [0.29, 0.717) is 34.6 Å². The molecule has 4 amide bonds. The molecule has 164 valence electrons. The van der Waals surface area contributed by atoms with E-state index in [4.69, 9.17) is 0 Å². The Morgan fingerprint density at radius 3 is 2.18 bits per heavy atom. The molecule has 0 bridgehead atoms. The van der Waals surface area contributed by atoms with Gasteiger partial charge in [-0.2, -0.15) is 0 Å². The fraction of sp³-hybridized carbons (Fsp3) is 0.154. The van der Waals surface area contributed by atoms with E-state index < -0.39 is 0 Å². The standard InChI is InChI=1S/C26H21N3O4/c1-16(30)28-14-4-5-18-15-19(10-13-23(18)28)27-24(31)17-8-11-20(12-9-17)29-25(32)21-6-2-3-7-22(21)26(29)33/h2-3,6-13,15H,4-5,14H2,1H3,(H,27,31). The summed E-state index contributed by atoms with van der Waals surface area (Å²) in [6.45, 7) is 2.25. The molecule has 5 rings (SSSR count). The van der Waals surface area contributed by atoms with Crippen LogP contribution >= 0.6 is 0 Å². The molecule has 1 N–H and O–H groups in total. The molecule has 0 aromatic heterocycles. The molecule has 0 aliphatic carbocycles. The Bertz CT molecular complexity index is 1280. The maximum absolute atomic E-state index is 12.8. The van der Waals surface area contributed by atoms with E-state index in [9.17, 15) is 19.2 Å². The molecule has 0 fully saturated rings. The van der Waals surface area contributed by atoms with Crippen LogP contribution in [0.5, 0.6) is 0 Å². The largest absolute Gasteiger partial charge is 0.322 e. The second kappa shape index (κ2) is 8.02. The highest BCUT2D eigenvalue weighted by Gasteiger charge is 2.36. The minimum atomic E-state index is -0.374. The highest BCUT2D eigenvalue weighted by Crippen LogP contribution is 2.31. The molecule has 2 aliphatic rings.